The molecule has 0 amide bonds. The first-order valence-corrected chi connectivity index (χ1v) is 7.63. The maximum absolute atomic E-state index is 5.47. The van der Waals surface area contributed by atoms with Crippen molar-refractivity contribution in [1.82, 2.24) is 10.1 Å². The highest BCUT2D eigenvalue weighted by atomic mass is 16.5. The number of rotatable bonds is 3. The highest BCUT2D eigenvalue weighted by molar-refractivity contribution is 5.57. The largest absolute Gasteiger partial charge is 0.384 e. The molecule has 1 fully saturated rings. The van der Waals surface area contributed by atoms with Crippen LogP contribution in [-0.2, 0) is 11.2 Å². The summed E-state index contributed by atoms with van der Waals surface area (Å²) in [5, 5.41) is 7.61. The van der Waals surface area contributed by atoms with Gasteiger partial charge in [0.25, 0.3) is 0 Å². The van der Waals surface area contributed by atoms with E-state index in [2.05, 4.69) is 39.7 Å². The second-order valence-electron chi connectivity index (χ2n) is 5.80. The van der Waals surface area contributed by atoms with Gasteiger partial charge in [-0.1, -0.05) is 23.4 Å². The molecule has 0 spiro atoms. The molecule has 4 rings (SSSR count). The van der Waals surface area contributed by atoms with Gasteiger partial charge in [-0.25, -0.2) is 0 Å². The molecule has 1 atom stereocenters. The first-order chi connectivity index (χ1) is 10.4. The predicted molar refractivity (Wildman–Crippen MR) is 78.5 cm³/mol. The summed E-state index contributed by atoms with van der Waals surface area (Å²) in [4.78, 5) is 4.61. The summed E-state index contributed by atoms with van der Waals surface area (Å²) in [7, 11) is 0. The van der Waals surface area contributed by atoms with Crippen LogP contribution < -0.4 is 5.32 Å². The van der Waals surface area contributed by atoms with Crippen molar-refractivity contribution in [2.45, 2.75) is 31.1 Å². The van der Waals surface area contributed by atoms with Crippen LogP contribution in [0.4, 0.5) is 5.69 Å². The summed E-state index contributed by atoms with van der Waals surface area (Å²) < 4.78 is 10.8. The molecular formula is C16H19N3O2. The van der Waals surface area contributed by atoms with Gasteiger partial charge in [0, 0.05) is 43.7 Å². The Balaban J connectivity index is 1.47. The molecule has 2 aliphatic heterocycles. The molecule has 21 heavy (non-hydrogen) atoms. The lowest BCUT2D eigenvalue weighted by Gasteiger charge is -2.18. The van der Waals surface area contributed by atoms with Crippen molar-refractivity contribution in [3.63, 3.8) is 0 Å². The molecule has 0 bridgehead atoms. The van der Waals surface area contributed by atoms with Gasteiger partial charge in [0.05, 0.1) is 0 Å². The van der Waals surface area contributed by atoms with Crippen LogP contribution in [0.15, 0.2) is 28.8 Å². The summed E-state index contributed by atoms with van der Waals surface area (Å²) in [6.07, 6.45) is 2.79. The molecule has 110 valence electrons. The van der Waals surface area contributed by atoms with Crippen molar-refractivity contribution < 1.29 is 9.26 Å². The number of hydrogen-bond acceptors (Lipinski definition) is 5. The lowest BCUT2D eigenvalue weighted by atomic mass is 9.97. The van der Waals surface area contributed by atoms with Crippen molar-refractivity contribution >= 4 is 5.69 Å². The third-order valence-electron chi connectivity index (χ3n) is 4.43. The maximum Gasteiger partial charge on any atom is 0.227 e. The fourth-order valence-corrected chi connectivity index (χ4v) is 3.22. The second kappa shape index (κ2) is 5.48. The van der Waals surface area contributed by atoms with Crippen LogP contribution in [0.5, 0.6) is 0 Å². The van der Waals surface area contributed by atoms with Crippen LogP contribution in [0.2, 0.25) is 0 Å². The summed E-state index contributed by atoms with van der Waals surface area (Å²) >= 11 is 0. The van der Waals surface area contributed by atoms with Gasteiger partial charge in [-0.3, -0.25) is 0 Å². The Morgan fingerprint density at radius 1 is 1.19 bits per heavy atom. The molecule has 1 unspecified atom stereocenters. The van der Waals surface area contributed by atoms with E-state index in [1.807, 2.05) is 0 Å². The fraction of sp³-hybridized carbons (Fsp3) is 0.500. The lowest BCUT2D eigenvalue weighted by Crippen LogP contribution is -2.15. The third kappa shape index (κ3) is 2.53. The monoisotopic (exact) mass is 285 g/mol. The van der Waals surface area contributed by atoms with Crippen molar-refractivity contribution in [2.75, 3.05) is 25.1 Å². The normalized spacial score (nSPS) is 22.0. The Morgan fingerprint density at radius 2 is 2.05 bits per heavy atom. The van der Waals surface area contributed by atoms with Crippen LogP contribution in [0.1, 0.15) is 42.0 Å². The molecule has 5 heteroatoms. The first-order valence-electron chi connectivity index (χ1n) is 7.63. The van der Waals surface area contributed by atoms with Gasteiger partial charge in [-0.05, 0) is 24.5 Å². The zero-order chi connectivity index (χ0) is 14.1. The van der Waals surface area contributed by atoms with Gasteiger partial charge in [-0.2, -0.15) is 4.98 Å². The van der Waals surface area contributed by atoms with E-state index in [1.54, 1.807) is 0 Å². The van der Waals surface area contributed by atoms with Crippen molar-refractivity contribution in [3.8, 4) is 0 Å². The predicted octanol–water partition coefficient (Wildman–Crippen LogP) is 2.72. The number of para-hydroxylation sites is 1. The highest BCUT2D eigenvalue weighted by Gasteiger charge is 2.26. The van der Waals surface area contributed by atoms with E-state index < -0.39 is 0 Å². The number of anilines is 1. The summed E-state index contributed by atoms with van der Waals surface area (Å²) in [5.74, 6) is 2.42. The number of fused-ring (bicyclic) bond motifs is 1. The highest BCUT2D eigenvalue weighted by Crippen LogP contribution is 2.33. The van der Waals surface area contributed by atoms with Gasteiger partial charge < -0.3 is 14.6 Å². The number of ether oxygens (including phenoxy) is 1. The standard InChI is InChI=1S/C16H19N3O2/c1-2-4-14-13(3-1)12(10-17-14)9-15-18-16(19-21-15)11-5-7-20-8-6-11/h1-4,11-12,17H,5-10H2. The minimum Gasteiger partial charge on any atom is -0.384 e. The first kappa shape index (κ1) is 12.8. The van der Waals surface area contributed by atoms with Crippen molar-refractivity contribution in [3.05, 3.63) is 41.5 Å². The molecule has 2 aromatic rings. The lowest BCUT2D eigenvalue weighted by molar-refractivity contribution is 0.0830. The molecule has 1 saturated heterocycles. The van der Waals surface area contributed by atoms with E-state index in [0.717, 1.165) is 50.7 Å². The molecule has 1 aromatic heterocycles. The molecule has 1 N–H and O–H groups in total. The van der Waals surface area contributed by atoms with E-state index >= 15 is 0 Å². The number of nitrogens with zero attached hydrogens (tertiary/aromatic N) is 2. The molecule has 0 radical (unpaired) electrons. The van der Waals surface area contributed by atoms with Crippen LogP contribution in [-0.4, -0.2) is 29.9 Å². The molecule has 5 nitrogen and oxygen atoms in total. The van der Waals surface area contributed by atoms with Crippen LogP contribution in [0.25, 0.3) is 0 Å². The second-order valence-corrected chi connectivity index (χ2v) is 5.80. The molecular weight excluding hydrogens is 266 g/mol. The Labute approximate surface area is 123 Å². The molecule has 0 saturated carbocycles. The Kier molecular flexibility index (Phi) is 3.35. The SMILES string of the molecule is c1ccc2c(c1)NCC2Cc1nc(C2CCOCC2)no1. The van der Waals surface area contributed by atoms with E-state index in [1.165, 1.54) is 11.3 Å². The summed E-state index contributed by atoms with van der Waals surface area (Å²) in [5.41, 5.74) is 2.58. The van der Waals surface area contributed by atoms with Crippen LogP contribution >= 0.6 is 0 Å². The summed E-state index contributed by atoms with van der Waals surface area (Å²) in [6.45, 7) is 2.54. The van der Waals surface area contributed by atoms with Gasteiger partial charge in [-0.15, -0.1) is 0 Å². The molecule has 2 aliphatic rings. The third-order valence-corrected chi connectivity index (χ3v) is 4.43. The van der Waals surface area contributed by atoms with Crippen LogP contribution in [0.3, 0.4) is 0 Å². The Hall–Kier alpha value is -1.88. The zero-order valence-electron chi connectivity index (χ0n) is 11.9. The summed E-state index contributed by atoms with van der Waals surface area (Å²) in [6, 6.07) is 8.44. The van der Waals surface area contributed by atoms with Crippen molar-refractivity contribution in [1.29, 1.82) is 0 Å². The number of hydrogen-bond donors (Lipinski definition) is 1. The van der Waals surface area contributed by atoms with Crippen molar-refractivity contribution in [2.24, 2.45) is 0 Å². The minimum absolute atomic E-state index is 0.394. The number of nitrogens with one attached hydrogen (secondary N) is 1. The number of aromatic nitrogens is 2. The molecule has 0 aliphatic carbocycles. The van der Waals surface area contributed by atoms with Gasteiger partial charge >= 0.3 is 0 Å². The fourth-order valence-electron chi connectivity index (χ4n) is 3.22. The van der Waals surface area contributed by atoms with Gasteiger partial charge in [0.1, 0.15) is 0 Å². The van der Waals surface area contributed by atoms with E-state index in [0.29, 0.717) is 11.8 Å². The van der Waals surface area contributed by atoms with Gasteiger partial charge in [0.2, 0.25) is 5.89 Å². The van der Waals surface area contributed by atoms with E-state index in [-0.39, 0.29) is 0 Å². The van der Waals surface area contributed by atoms with E-state index in [9.17, 15) is 0 Å². The quantitative estimate of drug-likeness (QED) is 0.939. The Bertz CT molecular complexity index is 619. The smallest absolute Gasteiger partial charge is 0.227 e. The topological polar surface area (TPSA) is 60.2 Å². The zero-order valence-corrected chi connectivity index (χ0v) is 11.9. The maximum atomic E-state index is 5.47. The Morgan fingerprint density at radius 3 is 2.95 bits per heavy atom. The van der Waals surface area contributed by atoms with E-state index in [4.69, 9.17) is 9.26 Å². The average Bonchev–Trinajstić information content (AvgIpc) is 3.17. The molecule has 1 aromatic carbocycles. The number of benzene rings is 1. The average molecular weight is 285 g/mol. The van der Waals surface area contributed by atoms with Gasteiger partial charge in [0.15, 0.2) is 5.82 Å². The van der Waals surface area contributed by atoms with Crippen LogP contribution in [0, 0.1) is 0 Å². The minimum atomic E-state index is 0.394. The molecule has 3 heterocycles.